The molecular weight excluding hydrogens is 200 g/mol. The zero-order valence-corrected chi connectivity index (χ0v) is 10.7. The molecule has 0 spiro atoms. The van der Waals surface area contributed by atoms with E-state index < -0.39 is 0 Å². The largest absolute Gasteiger partial charge is 0.394 e. The first-order chi connectivity index (χ1) is 7.53. The Morgan fingerprint density at radius 2 is 1.81 bits per heavy atom. The quantitative estimate of drug-likeness (QED) is 0.754. The molecule has 94 valence electrons. The first kappa shape index (κ1) is 12.3. The number of rotatable bonds is 4. The van der Waals surface area contributed by atoms with Crippen molar-refractivity contribution in [2.45, 2.75) is 38.6 Å². The number of piperidine rings is 1. The van der Waals surface area contributed by atoms with Crippen LogP contribution in [0.5, 0.6) is 0 Å². The maximum atomic E-state index is 9.51. The van der Waals surface area contributed by atoms with Crippen LogP contribution in [0.4, 0.5) is 0 Å². The van der Waals surface area contributed by atoms with E-state index in [1.54, 1.807) is 0 Å². The molecule has 16 heavy (non-hydrogen) atoms. The molecule has 3 nitrogen and oxygen atoms in total. The molecule has 0 bridgehead atoms. The van der Waals surface area contributed by atoms with Crippen molar-refractivity contribution in [3.05, 3.63) is 0 Å². The lowest BCUT2D eigenvalue weighted by Gasteiger charge is -2.40. The molecule has 1 saturated carbocycles. The summed E-state index contributed by atoms with van der Waals surface area (Å²) in [6.45, 7) is 7.94. The van der Waals surface area contributed by atoms with E-state index in [0.29, 0.717) is 5.92 Å². The third-order valence-corrected chi connectivity index (χ3v) is 4.15. The monoisotopic (exact) mass is 226 g/mol. The number of aliphatic hydroxyl groups is 1. The Kier molecular flexibility index (Phi) is 3.57. The predicted octanol–water partition coefficient (Wildman–Crippen LogP) is 1.06. The molecule has 2 aliphatic rings. The van der Waals surface area contributed by atoms with Gasteiger partial charge in [0.1, 0.15) is 0 Å². The van der Waals surface area contributed by atoms with Crippen LogP contribution in [0.25, 0.3) is 0 Å². The highest BCUT2D eigenvalue weighted by Gasteiger charge is 2.43. The molecule has 0 amide bonds. The Hall–Kier alpha value is -0.120. The number of hydrogen-bond donors (Lipinski definition) is 2. The highest BCUT2D eigenvalue weighted by Crippen LogP contribution is 2.39. The molecular formula is C13H26N2O. The van der Waals surface area contributed by atoms with Gasteiger partial charge >= 0.3 is 0 Å². The fraction of sp³-hybridized carbons (Fsp3) is 1.00. The van der Waals surface area contributed by atoms with Gasteiger partial charge in [0.2, 0.25) is 0 Å². The standard InChI is InChI=1S/C13H26N2O/c1-10-5-11(2)7-15(6-10)8-13(14,9-16)12-3-4-12/h10-12,16H,3-9,14H2,1-2H3. The van der Waals surface area contributed by atoms with Gasteiger partial charge in [-0.05, 0) is 37.0 Å². The van der Waals surface area contributed by atoms with Crippen LogP contribution in [-0.2, 0) is 0 Å². The van der Waals surface area contributed by atoms with Gasteiger partial charge in [0.15, 0.2) is 0 Å². The minimum Gasteiger partial charge on any atom is -0.394 e. The molecule has 3 atom stereocenters. The van der Waals surface area contributed by atoms with E-state index in [9.17, 15) is 5.11 Å². The summed E-state index contributed by atoms with van der Waals surface area (Å²) >= 11 is 0. The second kappa shape index (κ2) is 4.63. The van der Waals surface area contributed by atoms with Crippen molar-refractivity contribution in [3.8, 4) is 0 Å². The SMILES string of the molecule is CC1CC(C)CN(CC(N)(CO)C2CC2)C1. The molecule has 0 aromatic rings. The molecule has 0 radical (unpaired) electrons. The molecule has 3 unspecified atom stereocenters. The smallest absolute Gasteiger partial charge is 0.0626 e. The fourth-order valence-corrected chi connectivity index (χ4v) is 3.30. The van der Waals surface area contributed by atoms with Crippen LogP contribution in [0.2, 0.25) is 0 Å². The first-order valence-electron chi connectivity index (χ1n) is 6.65. The van der Waals surface area contributed by atoms with Gasteiger partial charge in [-0.15, -0.1) is 0 Å². The van der Waals surface area contributed by atoms with E-state index in [-0.39, 0.29) is 12.1 Å². The van der Waals surface area contributed by atoms with Gasteiger partial charge in [-0.3, -0.25) is 0 Å². The van der Waals surface area contributed by atoms with Crippen molar-refractivity contribution in [2.75, 3.05) is 26.2 Å². The Bertz CT molecular complexity index is 232. The van der Waals surface area contributed by atoms with E-state index >= 15 is 0 Å². The van der Waals surface area contributed by atoms with Crippen molar-refractivity contribution in [1.29, 1.82) is 0 Å². The van der Waals surface area contributed by atoms with Crippen LogP contribution in [-0.4, -0.2) is 41.8 Å². The van der Waals surface area contributed by atoms with Gasteiger partial charge in [-0.2, -0.15) is 0 Å². The Balaban J connectivity index is 1.92. The summed E-state index contributed by atoms with van der Waals surface area (Å²) < 4.78 is 0. The van der Waals surface area contributed by atoms with E-state index in [4.69, 9.17) is 5.73 Å². The highest BCUT2D eigenvalue weighted by atomic mass is 16.3. The summed E-state index contributed by atoms with van der Waals surface area (Å²) in [6, 6.07) is 0. The summed E-state index contributed by atoms with van der Waals surface area (Å²) in [5.74, 6) is 2.10. The summed E-state index contributed by atoms with van der Waals surface area (Å²) in [6.07, 6.45) is 3.74. The van der Waals surface area contributed by atoms with Crippen LogP contribution < -0.4 is 5.73 Å². The first-order valence-corrected chi connectivity index (χ1v) is 6.65. The van der Waals surface area contributed by atoms with Crippen LogP contribution in [0.3, 0.4) is 0 Å². The lowest BCUT2D eigenvalue weighted by atomic mass is 9.88. The van der Waals surface area contributed by atoms with Gasteiger partial charge in [-0.25, -0.2) is 0 Å². The molecule has 1 heterocycles. The number of aliphatic hydroxyl groups excluding tert-OH is 1. The fourth-order valence-electron chi connectivity index (χ4n) is 3.30. The van der Waals surface area contributed by atoms with Crippen LogP contribution in [0.1, 0.15) is 33.1 Å². The van der Waals surface area contributed by atoms with E-state index in [1.165, 1.54) is 19.3 Å². The van der Waals surface area contributed by atoms with Crippen molar-refractivity contribution in [3.63, 3.8) is 0 Å². The van der Waals surface area contributed by atoms with Crippen molar-refractivity contribution in [1.82, 2.24) is 4.90 Å². The van der Waals surface area contributed by atoms with Crippen LogP contribution in [0, 0.1) is 17.8 Å². The highest BCUT2D eigenvalue weighted by molar-refractivity contribution is 5.00. The second-order valence-corrected chi connectivity index (χ2v) is 6.31. The minimum absolute atomic E-state index is 0.136. The second-order valence-electron chi connectivity index (χ2n) is 6.31. The topological polar surface area (TPSA) is 49.5 Å². The van der Waals surface area contributed by atoms with Crippen molar-refractivity contribution >= 4 is 0 Å². The van der Waals surface area contributed by atoms with E-state index in [0.717, 1.165) is 31.5 Å². The third kappa shape index (κ3) is 2.76. The van der Waals surface area contributed by atoms with Gasteiger partial charge in [0.25, 0.3) is 0 Å². The zero-order valence-electron chi connectivity index (χ0n) is 10.7. The van der Waals surface area contributed by atoms with Crippen LogP contribution in [0.15, 0.2) is 0 Å². The Morgan fingerprint density at radius 1 is 1.25 bits per heavy atom. The summed E-state index contributed by atoms with van der Waals surface area (Å²) in [7, 11) is 0. The van der Waals surface area contributed by atoms with Gasteiger partial charge in [0, 0.05) is 19.6 Å². The number of hydrogen-bond acceptors (Lipinski definition) is 3. The average Bonchev–Trinajstić information content (AvgIpc) is 2.98. The average molecular weight is 226 g/mol. The molecule has 0 aromatic carbocycles. The summed E-state index contributed by atoms with van der Waals surface area (Å²) in [5.41, 5.74) is 6.00. The molecule has 0 aromatic heterocycles. The lowest BCUT2D eigenvalue weighted by molar-refractivity contribution is 0.0766. The Morgan fingerprint density at radius 3 is 2.25 bits per heavy atom. The number of nitrogens with zero attached hydrogens (tertiary/aromatic N) is 1. The maximum absolute atomic E-state index is 9.51. The zero-order chi connectivity index (χ0) is 11.8. The van der Waals surface area contributed by atoms with Gasteiger partial charge in [-0.1, -0.05) is 13.8 Å². The lowest BCUT2D eigenvalue weighted by Crippen LogP contribution is -2.57. The normalized spacial score (nSPS) is 36.0. The molecule has 1 aliphatic heterocycles. The summed E-state index contributed by atoms with van der Waals surface area (Å²) in [4.78, 5) is 2.47. The third-order valence-electron chi connectivity index (χ3n) is 4.15. The molecule has 2 fully saturated rings. The van der Waals surface area contributed by atoms with E-state index in [2.05, 4.69) is 18.7 Å². The molecule has 2 rings (SSSR count). The van der Waals surface area contributed by atoms with Gasteiger partial charge in [0.05, 0.1) is 12.1 Å². The predicted molar refractivity (Wildman–Crippen MR) is 66.1 cm³/mol. The van der Waals surface area contributed by atoms with Crippen molar-refractivity contribution in [2.24, 2.45) is 23.5 Å². The minimum atomic E-state index is -0.337. The number of likely N-dealkylation sites (tertiary alicyclic amines) is 1. The summed E-state index contributed by atoms with van der Waals surface area (Å²) in [5, 5.41) is 9.51. The molecule has 3 heteroatoms. The van der Waals surface area contributed by atoms with Gasteiger partial charge < -0.3 is 15.7 Å². The Labute approximate surface area is 99.0 Å². The molecule has 1 saturated heterocycles. The van der Waals surface area contributed by atoms with E-state index in [1.807, 2.05) is 0 Å². The van der Waals surface area contributed by atoms with Crippen LogP contribution >= 0.6 is 0 Å². The molecule has 3 N–H and O–H groups in total. The molecule has 1 aliphatic carbocycles. The number of nitrogens with two attached hydrogens (primary N) is 1. The van der Waals surface area contributed by atoms with Crippen molar-refractivity contribution < 1.29 is 5.11 Å². The maximum Gasteiger partial charge on any atom is 0.0626 e.